The van der Waals surface area contributed by atoms with E-state index in [2.05, 4.69) is 10.6 Å². The first-order chi connectivity index (χ1) is 15.7. The molecule has 176 valence electrons. The molecule has 33 heavy (non-hydrogen) atoms. The highest BCUT2D eigenvalue weighted by Gasteiger charge is 2.34. The van der Waals surface area contributed by atoms with E-state index in [1.807, 2.05) is 6.92 Å². The molecule has 2 aromatic rings. The van der Waals surface area contributed by atoms with Crippen molar-refractivity contribution in [2.75, 3.05) is 20.2 Å². The van der Waals surface area contributed by atoms with E-state index in [1.165, 1.54) is 22.8 Å². The molecule has 3 rings (SSSR count). The number of aromatic carboxylic acids is 1. The molecule has 0 radical (unpaired) electrons. The first-order valence-electron chi connectivity index (χ1n) is 10.3. The lowest BCUT2D eigenvalue weighted by Gasteiger charge is -2.25. The van der Waals surface area contributed by atoms with E-state index in [0.29, 0.717) is 33.5 Å². The Morgan fingerprint density at radius 3 is 2.82 bits per heavy atom. The van der Waals surface area contributed by atoms with Crippen LogP contribution >= 0.6 is 35.2 Å². The number of benzene rings is 1. The Labute approximate surface area is 205 Å². The minimum Gasteiger partial charge on any atom is -0.496 e. The highest BCUT2D eigenvalue weighted by molar-refractivity contribution is 7.80. The summed E-state index contributed by atoms with van der Waals surface area (Å²) in [6.07, 6.45) is 0.839. The maximum absolute atomic E-state index is 13.3. The number of urea groups is 1. The van der Waals surface area contributed by atoms with Gasteiger partial charge in [-0.15, -0.1) is 11.3 Å². The van der Waals surface area contributed by atoms with Gasteiger partial charge in [0.25, 0.3) is 0 Å². The molecule has 8 nitrogen and oxygen atoms in total. The molecular weight excluding hydrogens is 486 g/mol. The van der Waals surface area contributed by atoms with Crippen molar-refractivity contribution in [3.63, 3.8) is 0 Å². The van der Waals surface area contributed by atoms with E-state index in [4.69, 9.17) is 33.7 Å². The number of imide groups is 1. The molecule has 1 aromatic heterocycles. The number of carbonyl (C=O) groups is 3. The average molecular weight is 510 g/mol. The molecule has 11 heteroatoms. The summed E-state index contributed by atoms with van der Waals surface area (Å²) in [6, 6.07) is 5.71. The number of ether oxygens (including phenoxy) is 1. The van der Waals surface area contributed by atoms with E-state index >= 15 is 0 Å². The number of thiophene rings is 1. The second-order valence-corrected chi connectivity index (χ2v) is 9.41. The number of carbonyl (C=O) groups excluding carboxylic acids is 2. The monoisotopic (exact) mass is 509 g/mol. The lowest BCUT2D eigenvalue weighted by atomic mass is 9.97. The van der Waals surface area contributed by atoms with Crippen molar-refractivity contribution < 1.29 is 24.2 Å². The first kappa shape index (κ1) is 24.9. The molecule has 1 fully saturated rings. The van der Waals surface area contributed by atoms with Crippen molar-refractivity contribution in [1.82, 2.24) is 15.5 Å². The molecule has 0 aliphatic carbocycles. The number of hydrogen-bond donors (Lipinski definition) is 3. The third kappa shape index (κ3) is 6.01. The summed E-state index contributed by atoms with van der Waals surface area (Å²) >= 11 is 12.7. The van der Waals surface area contributed by atoms with E-state index < -0.39 is 24.0 Å². The van der Waals surface area contributed by atoms with Gasteiger partial charge in [-0.1, -0.05) is 30.7 Å². The molecule has 0 unspecified atom stereocenters. The van der Waals surface area contributed by atoms with Gasteiger partial charge < -0.3 is 20.5 Å². The Kier molecular flexibility index (Phi) is 8.28. The molecule has 0 saturated carbocycles. The number of rotatable bonds is 7. The second kappa shape index (κ2) is 11.0. The minimum atomic E-state index is -1.03. The second-order valence-electron chi connectivity index (χ2n) is 7.54. The summed E-state index contributed by atoms with van der Waals surface area (Å²) in [5.41, 5.74) is 0.916. The van der Waals surface area contributed by atoms with Crippen LogP contribution in [-0.2, 0) is 11.2 Å². The van der Waals surface area contributed by atoms with Gasteiger partial charge in [-0.05, 0) is 42.7 Å². The van der Waals surface area contributed by atoms with Crippen LogP contribution in [0.4, 0.5) is 4.79 Å². The maximum atomic E-state index is 13.3. The molecule has 2 atom stereocenters. The smallest absolute Gasteiger partial charge is 0.336 e. The van der Waals surface area contributed by atoms with Crippen LogP contribution in [0.15, 0.2) is 29.6 Å². The fourth-order valence-electron chi connectivity index (χ4n) is 3.57. The van der Waals surface area contributed by atoms with Gasteiger partial charge in [-0.25, -0.2) is 9.59 Å². The van der Waals surface area contributed by atoms with Gasteiger partial charge in [0.2, 0.25) is 5.91 Å². The predicted octanol–water partition coefficient (Wildman–Crippen LogP) is 3.89. The van der Waals surface area contributed by atoms with Crippen LogP contribution in [0.1, 0.15) is 40.2 Å². The number of methoxy groups -OCH3 is 1. The number of nitrogens with zero attached hydrogens (tertiary/aromatic N) is 1. The van der Waals surface area contributed by atoms with Gasteiger partial charge in [0.15, 0.2) is 0 Å². The van der Waals surface area contributed by atoms with Gasteiger partial charge in [-0.2, -0.15) is 0 Å². The number of carboxylic acid groups (broad SMARTS) is 1. The van der Waals surface area contributed by atoms with Crippen LogP contribution in [0.2, 0.25) is 5.02 Å². The maximum Gasteiger partial charge on any atom is 0.336 e. The van der Waals surface area contributed by atoms with Crippen LogP contribution in [0.25, 0.3) is 0 Å². The number of hydrogen-bond acceptors (Lipinski definition) is 6. The van der Waals surface area contributed by atoms with Gasteiger partial charge in [0, 0.05) is 21.8 Å². The van der Waals surface area contributed by atoms with Crippen LogP contribution < -0.4 is 15.4 Å². The Balaban J connectivity index is 1.79. The number of halogens is 1. The lowest BCUT2D eigenvalue weighted by Crippen LogP contribution is -2.48. The fraction of sp³-hybridized carbons (Fsp3) is 0.364. The molecule has 1 aromatic carbocycles. The normalized spacial score (nSPS) is 17.2. The van der Waals surface area contributed by atoms with E-state index in [0.717, 1.165) is 10.5 Å². The molecule has 2 heterocycles. The molecule has 0 spiro atoms. The number of amides is 3. The predicted molar refractivity (Wildman–Crippen MR) is 130 cm³/mol. The topological polar surface area (TPSA) is 108 Å². The summed E-state index contributed by atoms with van der Waals surface area (Å²) in [7, 11) is 1.54. The third-order valence-electron chi connectivity index (χ3n) is 5.33. The Bertz CT molecular complexity index is 1070. The van der Waals surface area contributed by atoms with Gasteiger partial charge in [-0.3, -0.25) is 9.69 Å². The fourth-order valence-corrected chi connectivity index (χ4v) is 5.00. The SMILES string of the molecule is CC[C@@H](NC(=O)N1CC(=S)NC[C@@H](Cc2cc(Cl)ccc2OC)C1=O)c1cc(C(=O)O)cs1. The molecule has 0 bridgehead atoms. The molecule has 3 N–H and O–H groups in total. The van der Waals surface area contributed by atoms with Gasteiger partial charge in [0.1, 0.15) is 5.75 Å². The van der Waals surface area contributed by atoms with Crippen LogP contribution in [0, 0.1) is 5.92 Å². The summed E-state index contributed by atoms with van der Waals surface area (Å²) in [5, 5.41) is 17.1. The third-order valence-corrected chi connectivity index (χ3v) is 6.89. The molecule has 1 aliphatic rings. The zero-order valence-corrected chi connectivity index (χ0v) is 20.5. The van der Waals surface area contributed by atoms with Crippen LogP contribution in [0.3, 0.4) is 0 Å². The van der Waals surface area contributed by atoms with Gasteiger partial charge in [0.05, 0.1) is 36.2 Å². The van der Waals surface area contributed by atoms with Crippen molar-refractivity contribution in [3.8, 4) is 5.75 Å². The minimum absolute atomic E-state index is 0.0373. The van der Waals surface area contributed by atoms with Gasteiger partial charge >= 0.3 is 12.0 Å². The van der Waals surface area contributed by atoms with Crippen molar-refractivity contribution in [2.24, 2.45) is 5.92 Å². The first-order valence-corrected chi connectivity index (χ1v) is 11.9. The molecule has 3 amide bonds. The number of nitrogens with one attached hydrogen (secondary N) is 2. The van der Waals surface area contributed by atoms with E-state index in [9.17, 15) is 14.4 Å². The number of carboxylic acids is 1. The summed E-state index contributed by atoms with van der Waals surface area (Å²) in [6.45, 7) is 2.11. The molecule has 1 saturated heterocycles. The van der Waals surface area contributed by atoms with E-state index in [-0.39, 0.29) is 24.6 Å². The molecular formula is C22H24ClN3O5S2. The lowest BCUT2D eigenvalue weighted by molar-refractivity contribution is -0.131. The standard InChI is InChI=1S/C22H24ClN3O5S2/c1-3-16(18-8-14(11-33-18)21(28)29)25-22(30)26-10-19(32)24-9-13(20(26)27)6-12-7-15(23)4-5-17(12)31-2/h4-5,7-8,11,13,16H,3,6,9-10H2,1-2H3,(H,24,32)(H,25,30)(H,28,29)/t13-,16-/m1/s1. The largest absolute Gasteiger partial charge is 0.496 e. The van der Waals surface area contributed by atoms with Crippen molar-refractivity contribution in [1.29, 1.82) is 0 Å². The number of thiocarbonyl (C=S) groups is 1. The van der Waals surface area contributed by atoms with Crippen molar-refractivity contribution in [2.45, 2.75) is 25.8 Å². The Hall–Kier alpha value is -2.69. The zero-order valence-electron chi connectivity index (χ0n) is 18.1. The summed E-state index contributed by atoms with van der Waals surface area (Å²) < 4.78 is 5.39. The Morgan fingerprint density at radius 2 is 2.18 bits per heavy atom. The summed E-state index contributed by atoms with van der Waals surface area (Å²) in [4.78, 5) is 39.8. The van der Waals surface area contributed by atoms with Crippen molar-refractivity contribution in [3.05, 3.63) is 50.7 Å². The highest BCUT2D eigenvalue weighted by Crippen LogP contribution is 2.27. The Morgan fingerprint density at radius 1 is 1.42 bits per heavy atom. The summed E-state index contributed by atoms with van der Waals surface area (Å²) in [5.74, 6) is -1.36. The average Bonchev–Trinajstić information content (AvgIpc) is 3.23. The van der Waals surface area contributed by atoms with Crippen molar-refractivity contribution >= 4 is 58.1 Å². The molecule has 1 aliphatic heterocycles. The quantitative estimate of drug-likeness (QED) is 0.486. The van der Waals surface area contributed by atoms with E-state index in [1.54, 1.807) is 25.3 Å². The highest BCUT2D eigenvalue weighted by atomic mass is 35.5. The van der Waals surface area contributed by atoms with Crippen LogP contribution in [-0.4, -0.2) is 53.1 Å². The van der Waals surface area contributed by atoms with Crippen LogP contribution in [0.5, 0.6) is 5.75 Å². The zero-order chi connectivity index (χ0) is 24.1.